The monoisotopic (exact) mass is 372 g/mol. The van der Waals surface area contributed by atoms with Crippen LogP contribution in [0, 0.1) is 0 Å². The maximum atomic E-state index is 12.8. The number of nitrogens with zero attached hydrogens (tertiary/aromatic N) is 1. The van der Waals surface area contributed by atoms with Crippen LogP contribution >= 0.6 is 0 Å². The van der Waals surface area contributed by atoms with E-state index in [1.54, 1.807) is 31.4 Å². The van der Waals surface area contributed by atoms with Gasteiger partial charge in [0.1, 0.15) is 11.5 Å². The number of nitrogens with one attached hydrogen (secondary N) is 1. The molecule has 2 aromatic carbocycles. The van der Waals surface area contributed by atoms with Crippen molar-refractivity contribution in [3.05, 3.63) is 77.0 Å². The number of ketones is 1. The van der Waals surface area contributed by atoms with Crippen molar-refractivity contribution in [1.29, 1.82) is 0 Å². The molecule has 2 aliphatic heterocycles. The van der Waals surface area contributed by atoms with Crippen LogP contribution in [0.5, 0.6) is 11.5 Å². The lowest BCUT2D eigenvalue weighted by atomic mass is 9.94. The second-order valence-electron chi connectivity index (χ2n) is 7.15. The Balaban J connectivity index is 1.55. The molecule has 28 heavy (non-hydrogen) atoms. The van der Waals surface area contributed by atoms with Crippen molar-refractivity contribution in [2.75, 3.05) is 20.2 Å². The van der Waals surface area contributed by atoms with Gasteiger partial charge in [-0.25, -0.2) is 0 Å². The van der Waals surface area contributed by atoms with Crippen LogP contribution in [-0.4, -0.2) is 41.0 Å². The fourth-order valence-electron chi connectivity index (χ4n) is 4.13. The number of ether oxygens (including phenoxy) is 1. The number of Topliss-reactive ketones (excluding diaryl/α,β-unsaturated/α-hetero) is 1. The zero-order valence-corrected chi connectivity index (χ0v) is 15.5. The van der Waals surface area contributed by atoms with E-state index in [9.17, 15) is 9.90 Å². The number of H-pyrrole nitrogens is 1. The van der Waals surface area contributed by atoms with E-state index in [1.165, 1.54) is 10.9 Å². The number of aromatic hydroxyl groups is 1. The van der Waals surface area contributed by atoms with Crippen molar-refractivity contribution in [1.82, 2.24) is 9.88 Å². The van der Waals surface area contributed by atoms with E-state index in [-0.39, 0.29) is 11.5 Å². The molecule has 3 aromatic rings. The molecular weight excluding hydrogens is 352 g/mol. The minimum absolute atomic E-state index is 0.0219. The number of phenolic OH excluding ortho intramolecular Hbond substituents is 1. The predicted octanol–water partition coefficient (Wildman–Crippen LogP) is 3.90. The average molecular weight is 372 g/mol. The topological polar surface area (TPSA) is 65.6 Å². The summed E-state index contributed by atoms with van der Waals surface area (Å²) < 4.78 is 5.38. The van der Waals surface area contributed by atoms with Gasteiger partial charge in [-0.3, -0.25) is 4.79 Å². The molecule has 0 amide bonds. The number of aromatic amines is 1. The lowest BCUT2D eigenvalue weighted by Crippen LogP contribution is -2.34. The normalized spacial score (nSPS) is 15.5. The molecule has 0 aliphatic carbocycles. The first kappa shape index (κ1) is 16.7. The van der Waals surface area contributed by atoms with Gasteiger partial charge in [0.2, 0.25) is 0 Å². The Labute approximate surface area is 162 Å². The Kier molecular flexibility index (Phi) is 3.76. The summed E-state index contributed by atoms with van der Waals surface area (Å²) in [5.41, 5.74) is 5.63. The third kappa shape index (κ3) is 2.51. The molecule has 1 aromatic heterocycles. The van der Waals surface area contributed by atoms with E-state index in [4.69, 9.17) is 4.74 Å². The molecule has 0 saturated heterocycles. The maximum Gasteiger partial charge on any atom is 0.194 e. The predicted molar refractivity (Wildman–Crippen MR) is 109 cm³/mol. The molecule has 0 spiro atoms. The van der Waals surface area contributed by atoms with E-state index in [0.29, 0.717) is 17.7 Å². The number of rotatable bonds is 3. The van der Waals surface area contributed by atoms with Gasteiger partial charge >= 0.3 is 0 Å². The summed E-state index contributed by atoms with van der Waals surface area (Å²) in [6.07, 6.45) is 4.78. The maximum absolute atomic E-state index is 12.8. The van der Waals surface area contributed by atoms with Crippen molar-refractivity contribution >= 4 is 22.4 Å². The van der Waals surface area contributed by atoms with E-state index < -0.39 is 0 Å². The van der Waals surface area contributed by atoms with Gasteiger partial charge in [-0.15, -0.1) is 0 Å². The van der Waals surface area contributed by atoms with Crippen molar-refractivity contribution in [3.8, 4) is 11.5 Å². The number of fused-ring (bicyclic) bond motifs is 5. The van der Waals surface area contributed by atoms with Crippen LogP contribution in [0.3, 0.4) is 0 Å². The fraction of sp³-hybridized carbons (Fsp3) is 0.174. The Morgan fingerprint density at radius 1 is 1.18 bits per heavy atom. The lowest BCUT2D eigenvalue weighted by Gasteiger charge is -2.34. The van der Waals surface area contributed by atoms with E-state index in [0.717, 1.165) is 35.6 Å². The largest absolute Gasteiger partial charge is 0.507 e. The fourth-order valence-corrected chi connectivity index (χ4v) is 4.13. The molecule has 0 fully saturated rings. The van der Waals surface area contributed by atoms with Crippen LogP contribution in [0.1, 0.15) is 21.6 Å². The number of para-hydroxylation sites is 1. The van der Waals surface area contributed by atoms with Crippen molar-refractivity contribution in [2.24, 2.45) is 0 Å². The van der Waals surface area contributed by atoms with E-state index >= 15 is 0 Å². The highest BCUT2D eigenvalue weighted by Crippen LogP contribution is 2.37. The lowest BCUT2D eigenvalue weighted by molar-refractivity contribution is 0.102. The van der Waals surface area contributed by atoms with Gasteiger partial charge in [-0.2, -0.15) is 0 Å². The SMILES string of the molecule is COc1ccc2[nH]c3c(c2c1)CCN1CC(C(=O)c2ccccc2O)=CC=C31. The highest BCUT2D eigenvalue weighted by molar-refractivity contribution is 6.11. The third-order valence-electron chi connectivity index (χ3n) is 5.59. The van der Waals surface area contributed by atoms with Crippen LogP contribution in [0.15, 0.2) is 60.2 Å². The number of carbonyl (C=O) groups is 1. The molecule has 0 bridgehead atoms. The number of hydrogen-bond acceptors (Lipinski definition) is 4. The van der Waals surface area contributed by atoms with Gasteiger partial charge in [-0.1, -0.05) is 18.2 Å². The van der Waals surface area contributed by atoms with Crippen molar-refractivity contribution < 1.29 is 14.6 Å². The number of hydrogen-bond donors (Lipinski definition) is 2. The van der Waals surface area contributed by atoms with Gasteiger partial charge in [0.25, 0.3) is 0 Å². The van der Waals surface area contributed by atoms with Crippen molar-refractivity contribution in [2.45, 2.75) is 6.42 Å². The summed E-state index contributed by atoms with van der Waals surface area (Å²) in [7, 11) is 1.68. The first-order chi connectivity index (χ1) is 13.7. The zero-order valence-electron chi connectivity index (χ0n) is 15.5. The first-order valence-electron chi connectivity index (χ1n) is 9.33. The minimum Gasteiger partial charge on any atom is -0.507 e. The number of benzene rings is 2. The van der Waals surface area contributed by atoms with Gasteiger partial charge in [0, 0.05) is 29.6 Å². The van der Waals surface area contributed by atoms with E-state index in [2.05, 4.69) is 16.0 Å². The average Bonchev–Trinajstić information content (AvgIpc) is 3.11. The zero-order chi connectivity index (χ0) is 19.3. The number of methoxy groups -OCH3 is 1. The number of phenols is 1. The summed E-state index contributed by atoms with van der Waals surface area (Å²) in [4.78, 5) is 18.6. The second kappa shape index (κ2) is 6.30. The Bertz CT molecular complexity index is 1170. The Hall–Kier alpha value is -3.47. The Morgan fingerprint density at radius 2 is 2.04 bits per heavy atom. The summed E-state index contributed by atoms with van der Waals surface area (Å²) >= 11 is 0. The molecule has 0 saturated carbocycles. The van der Waals surface area contributed by atoms with Gasteiger partial charge < -0.3 is 19.7 Å². The molecule has 3 heterocycles. The molecule has 0 radical (unpaired) electrons. The summed E-state index contributed by atoms with van der Waals surface area (Å²) in [6.45, 7) is 1.38. The molecule has 0 unspecified atom stereocenters. The quantitative estimate of drug-likeness (QED) is 0.685. The third-order valence-corrected chi connectivity index (χ3v) is 5.59. The van der Waals surface area contributed by atoms with Crippen LogP contribution in [0.4, 0.5) is 0 Å². The van der Waals surface area contributed by atoms with E-state index in [1.807, 2.05) is 24.3 Å². The number of allylic oxidation sites excluding steroid dienone is 2. The second-order valence-corrected chi connectivity index (χ2v) is 7.15. The smallest absolute Gasteiger partial charge is 0.194 e. The molecular formula is C23H20N2O3. The van der Waals surface area contributed by atoms with Crippen molar-refractivity contribution in [3.63, 3.8) is 0 Å². The number of carbonyl (C=O) groups excluding carboxylic acids is 1. The number of aromatic nitrogens is 1. The molecule has 140 valence electrons. The highest BCUT2D eigenvalue weighted by Gasteiger charge is 2.29. The molecule has 0 atom stereocenters. The molecule has 2 N–H and O–H groups in total. The molecule has 5 rings (SSSR count). The van der Waals surface area contributed by atoms with Gasteiger partial charge in [0.15, 0.2) is 5.78 Å². The molecule has 5 heteroatoms. The van der Waals surface area contributed by atoms with Crippen LogP contribution in [0.2, 0.25) is 0 Å². The van der Waals surface area contributed by atoms with Gasteiger partial charge in [-0.05, 0) is 48.4 Å². The summed E-state index contributed by atoms with van der Waals surface area (Å²) in [5.74, 6) is 0.749. The van der Waals surface area contributed by atoms with Crippen LogP contribution in [-0.2, 0) is 6.42 Å². The Morgan fingerprint density at radius 3 is 2.86 bits per heavy atom. The molecule has 2 aliphatic rings. The highest BCUT2D eigenvalue weighted by atomic mass is 16.5. The van der Waals surface area contributed by atoms with Crippen LogP contribution in [0.25, 0.3) is 16.6 Å². The minimum atomic E-state index is -0.124. The first-order valence-corrected chi connectivity index (χ1v) is 9.33. The van der Waals surface area contributed by atoms with Gasteiger partial charge in [0.05, 0.1) is 24.1 Å². The standard InChI is InChI=1S/C23H20N2O3/c1-28-15-7-8-19-18(12-15)16-10-11-25-13-14(6-9-20(25)22(16)24-19)23(27)17-4-2-3-5-21(17)26/h2-9,12,24,26H,10-11,13H2,1H3. The summed E-state index contributed by atoms with van der Waals surface area (Å²) in [6, 6.07) is 12.8. The van der Waals surface area contributed by atoms with Crippen LogP contribution < -0.4 is 4.74 Å². The summed E-state index contributed by atoms with van der Waals surface area (Å²) in [5, 5.41) is 11.2. The molecule has 5 nitrogen and oxygen atoms in total.